The van der Waals surface area contributed by atoms with Gasteiger partial charge in [-0.15, -0.1) is 0 Å². The van der Waals surface area contributed by atoms with Crippen LogP contribution in [0, 0.1) is 0 Å². The first-order valence-electron chi connectivity index (χ1n) is 4.64. The van der Waals surface area contributed by atoms with E-state index in [1.54, 1.807) is 6.92 Å². The SMILES string of the molecule is CCCCCC(N)C(=O)OCC. The van der Waals surface area contributed by atoms with Crippen LogP contribution in [0.5, 0.6) is 0 Å². The molecule has 0 saturated heterocycles. The second-order valence-electron chi connectivity index (χ2n) is 2.85. The molecule has 0 aliphatic carbocycles. The summed E-state index contributed by atoms with van der Waals surface area (Å²) >= 11 is 0. The molecule has 0 radical (unpaired) electrons. The molecule has 1 atom stereocenters. The van der Waals surface area contributed by atoms with Gasteiger partial charge in [0.15, 0.2) is 0 Å². The standard InChI is InChI=1S/C9H19NO2/c1-3-5-6-7-8(10)9(11)12-4-2/h8H,3-7,10H2,1-2H3. The Bertz CT molecular complexity index is 126. The normalized spacial score (nSPS) is 12.6. The molecule has 0 aliphatic heterocycles. The van der Waals surface area contributed by atoms with Gasteiger partial charge in [0.1, 0.15) is 6.04 Å². The molecule has 1 unspecified atom stereocenters. The average Bonchev–Trinajstić information content (AvgIpc) is 2.05. The molecule has 0 amide bonds. The number of unbranched alkanes of at least 4 members (excludes halogenated alkanes) is 2. The van der Waals surface area contributed by atoms with Crippen molar-refractivity contribution in [2.75, 3.05) is 6.61 Å². The monoisotopic (exact) mass is 173 g/mol. The summed E-state index contributed by atoms with van der Waals surface area (Å²) in [5, 5.41) is 0. The van der Waals surface area contributed by atoms with Crippen LogP contribution in [0.1, 0.15) is 39.5 Å². The van der Waals surface area contributed by atoms with Crippen molar-refractivity contribution in [2.24, 2.45) is 5.73 Å². The van der Waals surface area contributed by atoms with Gasteiger partial charge in [0.2, 0.25) is 0 Å². The Morgan fingerprint density at radius 3 is 2.58 bits per heavy atom. The summed E-state index contributed by atoms with van der Waals surface area (Å²) in [5.41, 5.74) is 5.57. The first-order valence-corrected chi connectivity index (χ1v) is 4.64. The van der Waals surface area contributed by atoms with Crippen LogP contribution in [0.2, 0.25) is 0 Å². The number of hydrogen-bond donors (Lipinski definition) is 1. The summed E-state index contributed by atoms with van der Waals surface area (Å²) in [4.78, 5) is 11.0. The van der Waals surface area contributed by atoms with Gasteiger partial charge >= 0.3 is 5.97 Å². The van der Waals surface area contributed by atoms with Crippen LogP contribution in [0.15, 0.2) is 0 Å². The summed E-state index contributed by atoms with van der Waals surface area (Å²) < 4.78 is 4.77. The molecule has 0 aliphatic rings. The zero-order chi connectivity index (χ0) is 9.40. The van der Waals surface area contributed by atoms with E-state index in [1.807, 2.05) is 0 Å². The van der Waals surface area contributed by atoms with Gasteiger partial charge in [-0.2, -0.15) is 0 Å². The van der Waals surface area contributed by atoms with Crippen molar-refractivity contribution in [1.82, 2.24) is 0 Å². The van der Waals surface area contributed by atoms with Crippen molar-refractivity contribution in [3.63, 3.8) is 0 Å². The van der Waals surface area contributed by atoms with Gasteiger partial charge in [-0.05, 0) is 13.3 Å². The van der Waals surface area contributed by atoms with Crippen molar-refractivity contribution >= 4 is 5.97 Å². The molecule has 0 aromatic rings. The van der Waals surface area contributed by atoms with Crippen LogP contribution in [0.3, 0.4) is 0 Å². The van der Waals surface area contributed by atoms with Crippen molar-refractivity contribution in [3.05, 3.63) is 0 Å². The Labute approximate surface area is 74.3 Å². The molecule has 0 saturated carbocycles. The van der Waals surface area contributed by atoms with Gasteiger partial charge in [-0.3, -0.25) is 4.79 Å². The molecule has 0 rings (SSSR count). The van der Waals surface area contributed by atoms with E-state index in [-0.39, 0.29) is 5.97 Å². The number of hydrogen-bond acceptors (Lipinski definition) is 3. The number of carbonyl (C=O) groups is 1. The van der Waals surface area contributed by atoms with Crippen molar-refractivity contribution in [1.29, 1.82) is 0 Å². The zero-order valence-electron chi connectivity index (χ0n) is 8.01. The predicted octanol–water partition coefficient (Wildman–Crippen LogP) is 1.46. The quantitative estimate of drug-likeness (QED) is 0.488. The lowest BCUT2D eigenvalue weighted by Crippen LogP contribution is -2.32. The molecule has 0 heterocycles. The smallest absolute Gasteiger partial charge is 0.322 e. The molecule has 2 N–H and O–H groups in total. The van der Waals surface area contributed by atoms with E-state index >= 15 is 0 Å². The highest BCUT2D eigenvalue weighted by Crippen LogP contribution is 2.02. The van der Waals surface area contributed by atoms with Gasteiger partial charge in [0, 0.05) is 0 Å². The molecule has 3 heteroatoms. The third-order valence-electron chi connectivity index (χ3n) is 1.71. The van der Waals surface area contributed by atoms with Crippen molar-refractivity contribution < 1.29 is 9.53 Å². The molecule has 0 bridgehead atoms. The molecule has 3 nitrogen and oxygen atoms in total. The Kier molecular flexibility index (Phi) is 6.76. The number of nitrogens with two attached hydrogens (primary N) is 1. The minimum Gasteiger partial charge on any atom is -0.465 e. The fraction of sp³-hybridized carbons (Fsp3) is 0.889. The molecule has 72 valence electrons. The molecule has 0 aromatic heterocycles. The molecular formula is C9H19NO2. The summed E-state index contributed by atoms with van der Waals surface area (Å²) in [5.74, 6) is -0.270. The summed E-state index contributed by atoms with van der Waals surface area (Å²) in [6, 6.07) is -0.420. The lowest BCUT2D eigenvalue weighted by Gasteiger charge is -2.09. The Morgan fingerprint density at radius 1 is 1.42 bits per heavy atom. The fourth-order valence-corrected chi connectivity index (χ4v) is 0.981. The van der Waals surface area contributed by atoms with Crippen LogP contribution in [-0.4, -0.2) is 18.6 Å². The number of rotatable bonds is 6. The number of carbonyl (C=O) groups excluding carboxylic acids is 1. The summed E-state index contributed by atoms with van der Waals surface area (Å²) in [6.45, 7) is 4.33. The van der Waals surface area contributed by atoms with Gasteiger partial charge in [-0.25, -0.2) is 0 Å². The van der Waals surface area contributed by atoms with Gasteiger partial charge in [0.25, 0.3) is 0 Å². The minimum absolute atomic E-state index is 0.270. The van der Waals surface area contributed by atoms with Gasteiger partial charge in [0.05, 0.1) is 6.61 Å². The molecule has 0 spiro atoms. The van der Waals surface area contributed by atoms with Crippen LogP contribution in [-0.2, 0) is 9.53 Å². The second kappa shape index (κ2) is 7.10. The Morgan fingerprint density at radius 2 is 2.08 bits per heavy atom. The van der Waals surface area contributed by atoms with Crippen LogP contribution in [0.4, 0.5) is 0 Å². The minimum atomic E-state index is -0.420. The van der Waals surface area contributed by atoms with Crippen LogP contribution < -0.4 is 5.73 Å². The maximum Gasteiger partial charge on any atom is 0.322 e. The Hall–Kier alpha value is -0.570. The van der Waals surface area contributed by atoms with E-state index in [2.05, 4.69) is 6.92 Å². The van der Waals surface area contributed by atoms with E-state index in [4.69, 9.17) is 10.5 Å². The highest BCUT2D eigenvalue weighted by Gasteiger charge is 2.12. The van der Waals surface area contributed by atoms with Crippen LogP contribution in [0.25, 0.3) is 0 Å². The van der Waals surface area contributed by atoms with E-state index in [0.29, 0.717) is 6.61 Å². The van der Waals surface area contributed by atoms with Crippen LogP contribution >= 0.6 is 0 Å². The predicted molar refractivity (Wildman–Crippen MR) is 48.8 cm³/mol. The Balaban J connectivity index is 3.42. The number of ether oxygens (including phenoxy) is 1. The molecule has 12 heavy (non-hydrogen) atoms. The largest absolute Gasteiger partial charge is 0.465 e. The lowest BCUT2D eigenvalue weighted by molar-refractivity contribution is -0.144. The summed E-state index contributed by atoms with van der Waals surface area (Å²) in [7, 11) is 0. The third kappa shape index (κ3) is 5.13. The maximum absolute atomic E-state index is 11.0. The maximum atomic E-state index is 11.0. The fourth-order valence-electron chi connectivity index (χ4n) is 0.981. The lowest BCUT2D eigenvalue weighted by atomic mass is 10.1. The average molecular weight is 173 g/mol. The van der Waals surface area contributed by atoms with Gasteiger partial charge < -0.3 is 10.5 Å². The van der Waals surface area contributed by atoms with E-state index < -0.39 is 6.04 Å². The molecule has 0 aromatic carbocycles. The zero-order valence-corrected chi connectivity index (χ0v) is 8.01. The molecular weight excluding hydrogens is 154 g/mol. The first-order chi connectivity index (χ1) is 5.72. The van der Waals surface area contributed by atoms with E-state index in [9.17, 15) is 4.79 Å². The van der Waals surface area contributed by atoms with Crippen molar-refractivity contribution in [2.45, 2.75) is 45.6 Å². The highest BCUT2D eigenvalue weighted by molar-refractivity contribution is 5.75. The first kappa shape index (κ1) is 11.4. The van der Waals surface area contributed by atoms with E-state index in [0.717, 1.165) is 25.7 Å². The number of esters is 1. The highest BCUT2D eigenvalue weighted by atomic mass is 16.5. The summed E-state index contributed by atoms with van der Waals surface area (Å²) in [6.07, 6.45) is 4.03. The van der Waals surface area contributed by atoms with Crippen molar-refractivity contribution in [3.8, 4) is 0 Å². The van der Waals surface area contributed by atoms with Gasteiger partial charge in [-0.1, -0.05) is 26.2 Å². The second-order valence-corrected chi connectivity index (χ2v) is 2.85. The van der Waals surface area contributed by atoms with E-state index in [1.165, 1.54) is 0 Å². The topological polar surface area (TPSA) is 52.3 Å². The molecule has 0 fully saturated rings. The third-order valence-corrected chi connectivity index (χ3v) is 1.71.